The minimum atomic E-state index is -4.04. The molecule has 0 bridgehead atoms. The number of nitrogens with two attached hydrogens (primary N) is 1. The topological polar surface area (TPSA) is 92.5 Å². The zero-order valence-corrected chi connectivity index (χ0v) is 12.6. The van der Waals surface area contributed by atoms with Crippen molar-refractivity contribution >= 4 is 33.2 Å². The zero-order valence-electron chi connectivity index (χ0n) is 11.0. The van der Waals surface area contributed by atoms with Crippen molar-refractivity contribution in [2.45, 2.75) is 11.8 Å². The molecule has 0 atom stereocenters. The highest BCUT2D eigenvalue weighted by molar-refractivity contribution is 7.89. The lowest BCUT2D eigenvalue weighted by Crippen LogP contribution is -2.38. The molecule has 9 heteroatoms. The first kappa shape index (κ1) is 16.7. The smallest absolute Gasteiger partial charge is 0.242 e. The number of hydrogen-bond donors (Lipinski definition) is 2. The summed E-state index contributed by atoms with van der Waals surface area (Å²) >= 11 is 5.68. The summed E-state index contributed by atoms with van der Waals surface area (Å²) in [6.45, 7) is 1.79. The van der Waals surface area contributed by atoms with Crippen molar-refractivity contribution in [3.8, 4) is 0 Å². The van der Waals surface area contributed by atoms with Crippen LogP contribution in [-0.2, 0) is 14.8 Å². The van der Waals surface area contributed by atoms with Gasteiger partial charge in [-0.3, -0.25) is 4.79 Å². The van der Waals surface area contributed by atoms with Crippen LogP contribution in [0.3, 0.4) is 0 Å². The van der Waals surface area contributed by atoms with Crippen LogP contribution >= 0.6 is 11.6 Å². The molecule has 112 valence electrons. The third-order valence-corrected chi connectivity index (χ3v) is 4.52. The molecule has 1 aromatic carbocycles. The standard InChI is InChI=1S/C11H15ClFN3O3S/c1-3-16(2)11(17)6-15-20(18,19)10-5-9(14)8(13)4-7(10)12/h4-5,15H,3,6,14H2,1-2H3. The van der Waals surface area contributed by atoms with E-state index in [4.69, 9.17) is 17.3 Å². The van der Waals surface area contributed by atoms with E-state index in [1.54, 1.807) is 14.0 Å². The Kier molecular flexibility index (Phi) is 5.32. The Labute approximate surface area is 121 Å². The number of anilines is 1. The van der Waals surface area contributed by atoms with E-state index in [-0.39, 0.29) is 15.6 Å². The largest absolute Gasteiger partial charge is 0.396 e. The second-order valence-electron chi connectivity index (χ2n) is 4.04. The molecular formula is C11H15ClFN3O3S. The zero-order chi connectivity index (χ0) is 15.5. The van der Waals surface area contributed by atoms with Gasteiger partial charge in [-0.05, 0) is 19.1 Å². The van der Waals surface area contributed by atoms with Crippen molar-refractivity contribution in [2.75, 3.05) is 25.9 Å². The summed E-state index contributed by atoms with van der Waals surface area (Å²) in [5.41, 5.74) is 4.97. The first-order valence-electron chi connectivity index (χ1n) is 5.67. The van der Waals surface area contributed by atoms with Crippen LogP contribution in [0.25, 0.3) is 0 Å². The number of nitrogens with one attached hydrogen (secondary N) is 1. The fraction of sp³-hybridized carbons (Fsp3) is 0.364. The molecular weight excluding hydrogens is 309 g/mol. The molecule has 1 amide bonds. The van der Waals surface area contributed by atoms with Gasteiger partial charge in [0.25, 0.3) is 0 Å². The lowest BCUT2D eigenvalue weighted by molar-refractivity contribution is -0.128. The van der Waals surface area contributed by atoms with E-state index < -0.39 is 28.3 Å². The minimum absolute atomic E-state index is 0.305. The molecule has 0 spiro atoms. The monoisotopic (exact) mass is 323 g/mol. The number of carbonyl (C=O) groups is 1. The Morgan fingerprint density at radius 3 is 2.65 bits per heavy atom. The van der Waals surface area contributed by atoms with Gasteiger partial charge in [-0.2, -0.15) is 0 Å². The molecule has 0 aromatic heterocycles. The molecule has 0 unspecified atom stereocenters. The van der Waals surface area contributed by atoms with Gasteiger partial charge in [-0.15, -0.1) is 0 Å². The highest BCUT2D eigenvalue weighted by Crippen LogP contribution is 2.26. The molecule has 20 heavy (non-hydrogen) atoms. The van der Waals surface area contributed by atoms with Crippen molar-refractivity contribution in [2.24, 2.45) is 0 Å². The van der Waals surface area contributed by atoms with Crippen LogP contribution in [0.1, 0.15) is 6.92 Å². The third kappa shape index (κ3) is 3.81. The van der Waals surface area contributed by atoms with E-state index in [1.165, 1.54) is 4.90 Å². The number of nitrogen functional groups attached to an aromatic ring is 1. The highest BCUT2D eigenvalue weighted by atomic mass is 35.5. The number of amides is 1. The number of sulfonamides is 1. The average molecular weight is 324 g/mol. The predicted octanol–water partition coefficient (Wildman–Crippen LogP) is 0.818. The summed E-state index contributed by atoms with van der Waals surface area (Å²) in [6.07, 6.45) is 0. The van der Waals surface area contributed by atoms with Crippen LogP contribution < -0.4 is 10.5 Å². The second kappa shape index (κ2) is 6.38. The van der Waals surface area contributed by atoms with Gasteiger partial charge >= 0.3 is 0 Å². The predicted molar refractivity (Wildman–Crippen MR) is 74.3 cm³/mol. The van der Waals surface area contributed by atoms with Crippen LogP contribution in [0.5, 0.6) is 0 Å². The summed E-state index contributed by atoms with van der Waals surface area (Å²) < 4.78 is 39.2. The van der Waals surface area contributed by atoms with E-state index in [1.807, 2.05) is 0 Å². The van der Waals surface area contributed by atoms with Gasteiger partial charge in [-0.25, -0.2) is 17.5 Å². The van der Waals surface area contributed by atoms with Crippen molar-refractivity contribution in [3.05, 3.63) is 23.0 Å². The first-order chi connectivity index (χ1) is 9.19. The average Bonchev–Trinajstić information content (AvgIpc) is 2.39. The van der Waals surface area contributed by atoms with Gasteiger partial charge in [0.05, 0.1) is 17.3 Å². The Hall–Kier alpha value is -1.38. The Bertz CT molecular complexity index is 622. The van der Waals surface area contributed by atoms with Crippen molar-refractivity contribution < 1.29 is 17.6 Å². The molecule has 0 aliphatic rings. The normalized spacial score (nSPS) is 11.4. The molecule has 1 aromatic rings. The number of benzene rings is 1. The van der Waals surface area contributed by atoms with Gasteiger partial charge in [0.15, 0.2) is 0 Å². The van der Waals surface area contributed by atoms with Crippen LogP contribution in [0.2, 0.25) is 5.02 Å². The van der Waals surface area contributed by atoms with E-state index in [0.29, 0.717) is 6.54 Å². The van der Waals surface area contributed by atoms with Crippen molar-refractivity contribution in [1.82, 2.24) is 9.62 Å². The number of likely N-dealkylation sites (N-methyl/N-ethyl adjacent to an activating group) is 1. The second-order valence-corrected chi connectivity index (χ2v) is 6.18. The lowest BCUT2D eigenvalue weighted by Gasteiger charge is -2.15. The van der Waals surface area contributed by atoms with Gasteiger partial charge in [0.2, 0.25) is 15.9 Å². The maximum absolute atomic E-state index is 13.1. The maximum Gasteiger partial charge on any atom is 0.242 e. The number of carbonyl (C=O) groups excluding carboxylic acids is 1. The Morgan fingerprint density at radius 1 is 1.50 bits per heavy atom. The van der Waals surface area contributed by atoms with Crippen LogP contribution in [0, 0.1) is 5.82 Å². The number of nitrogens with zero attached hydrogens (tertiary/aromatic N) is 1. The molecule has 6 nitrogen and oxygen atoms in total. The van der Waals surface area contributed by atoms with Gasteiger partial charge in [0, 0.05) is 13.6 Å². The molecule has 0 heterocycles. The van der Waals surface area contributed by atoms with Gasteiger partial charge < -0.3 is 10.6 Å². The van der Waals surface area contributed by atoms with E-state index in [0.717, 1.165) is 12.1 Å². The van der Waals surface area contributed by atoms with Crippen LogP contribution in [0.4, 0.5) is 10.1 Å². The highest BCUT2D eigenvalue weighted by Gasteiger charge is 2.21. The number of rotatable bonds is 5. The van der Waals surface area contributed by atoms with E-state index in [9.17, 15) is 17.6 Å². The van der Waals surface area contributed by atoms with E-state index >= 15 is 0 Å². The fourth-order valence-electron chi connectivity index (χ4n) is 1.30. The Balaban J connectivity index is 2.95. The SMILES string of the molecule is CCN(C)C(=O)CNS(=O)(=O)c1cc(N)c(F)cc1Cl. The van der Waals surface area contributed by atoms with Crippen molar-refractivity contribution in [1.29, 1.82) is 0 Å². The molecule has 0 saturated carbocycles. The lowest BCUT2D eigenvalue weighted by atomic mass is 10.3. The Morgan fingerprint density at radius 2 is 2.10 bits per heavy atom. The molecule has 0 saturated heterocycles. The summed E-state index contributed by atoms with van der Waals surface area (Å²) in [7, 11) is -2.50. The summed E-state index contributed by atoms with van der Waals surface area (Å²) in [5, 5.41) is -0.305. The molecule has 3 N–H and O–H groups in total. The summed E-state index contributed by atoms with van der Waals surface area (Å²) in [6, 6.07) is 1.72. The number of halogens is 2. The van der Waals surface area contributed by atoms with Gasteiger partial charge in [-0.1, -0.05) is 11.6 Å². The van der Waals surface area contributed by atoms with Crippen molar-refractivity contribution in [3.63, 3.8) is 0 Å². The minimum Gasteiger partial charge on any atom is -0.396 e. The summed E-state index contributed by atoms with van der Waals surface area (Å²) in [5.74, 6) is -1.21. The maximum atomic E-state index is 13.1. The number of hydrogen-bond acceptors (Lipinski definition) is 4. The first-order valence-corrected chi connectivity index (χ1v) is 7.53. The fourth-order valence-corrected chi connectivity index (χ4v) is 2.82. The van der Waals surface area contributed by atoms with Crippen LogP contribution in [0.15, 0.2) is 17.0 Å². The molecule has 0 aliphatic heterocycles. The molecule has 0 radical (unpaired) electrons. The molecule has 0 aliphatic carbocycles. The van der Waals surface area contributed by atoms with Crippen LogP contribution in [-0.4, -0.2) is 39.4 Å². The molecule has 1 rings (SSSR count). The molecule has 0 fully saturated rings. The van der Waals surface area contributed by atoms with Gasteiger partial charge in [0.1, 0.15) is 10.7 Å². The van der Waals surface area contributed by atoms with E-state index in [2.05, 4.69) is 4.72 Å². The summed E-state index contributed by atoms with van der Waals surface area (Å²) in [4.78, 5) is 12.5. The third-order valence-electron chi connectivity index (χ3n) is 2.65. The quantitative estimate of drug-likeness (QED) is 0.785.